The van der Waals surface area contributed by atoms with Crippen LogP contribution >= 0.6 is 0 Å². The maximum atomic E-state index is 12.2. The molecule has 2 atom stereocenters. The topological polar surface area (TPSA) is 37.3 Å². The van der Waals surface area contributed by atoms with Gasteiger partial charge in [0, 0.05) is 0 Å². The van der Waals surface area contributed by atoms with E-state index in [1.165, 1.54) is 122 Å². The largest absolute Gasteiger partial charge is 0.481 e. The molecule has 31 heavy (non-hydrogen) atoms. The summed E-state index contributed by atoms with van der Waals surface area (Å²) < 4.78 is 0. The number of carbonyl (C=O) groups is 1. The Kier molecular flexibility index (Phi) is 21.0. The van der Waals surface area contributed by atoms with E-state index in [0.717, 1.165) is 19.3 Å². The van der Waals surface area contributed by atoms with Crippen LogP contribution in [0, 0.1) is 11.3 Å². The third-order valence-corrected chi connectivity index (χ3v) is 7.27. The summed E-state index contributed by atoms with van der Waals surface area (Å²) in [5.41, 5.74) is -0.527. The summed E-state index contributed by atoms with van der Waals surface area (Å²) in [5.74, 6) is 0.0337. The molecule has 0 fully saturated rings. The molecule has 0 saturated heterocycles. The van der Waals surface area contributed by atoms with E-state index in [1.54, 1.807) is 0 Å². The van der Waals surface area contributed by atoms with Crippen molar-refractivity contribution in [1.82, 2.24) is 0 Å². The molecule has 2 nitrogen and oxygen atoms in total. The molecule has 186 valence electrons. The third-order valence-electron chi connectivity index (χ3n) is 7.27. The minimum absolute atomic E-state index is 0.527. The lowest BCUT2D eigenvalue weighted by Gasteiger charge is -2.30. The maximum Gasteiger partial charge on any atom is 0.309 e. The van der Waals surface area contributed by atoms with Gasteiger partial charge >= 0.3 is 5.97 Å². The van der Waals surface area contributed by atoms with Crippen LogP contribution in [0.15, 0.2) is 0 Å². The van der Waals surface area contributed by atoms with Crippen LogP contribution in [-0.4, -0.2) is 11.1 Å². The highest BCUT2D eigenvalue weighted by Crippen LogP contribution is 2.37. The molecule has 0 spiro atoms. The fourth-order valence-corrected chi connectivity index (χ4v) is 5.00. The van der Waals surface area contributed by atoms with E-state index in [4.69, 9.17) is 0 Å². The third kappa shape index (κ3) is 17.7. The number of carboxylic acids is 1. The normalized spacial score (nSPS) is 14.5. The standard InChI is InChI=1S/C29H58O2/c1-5-8-11-14-16-17-19-21-24-27(23-20-18-15-12-9-6-2)26-29(4,28(30)31)25-22-13-10-7-3/h27H,5-26H2,1-4H3,(H,30,31). The first-order chi connectivity index (χ1) is 15.0. The lowest BCUT2D eigenvalue weighted by molar-refractivity contribution is -0.149. The Morgan fingerprint density at radius 2 is 0.968 bits per heavy atom. The molecule has 0 aliphatic carbocycles. The minimum Gasteiger partial charge on any atom is -0.481 e. The fraction of sp³-hybridized carbons (Fsp3) is 0.966. The highest BCUT2D eigenvalue weighted by Gasteiger charge is 2.34. The number of hydrogen-bond donors (Lipinski definition) is 1. The van der Waals surface area contributed by atoms with E-state index in [-0.39, 0.29) is 0 Å². The summed E-state index contributed by atoms with van der Waals surface area (Å²) in [6, 6.07) is 0. The first-order valence-corrected chi connectivity index (χ1v) is 14.2. The van der Waals surface area contributed by atoms with Crippen LogP contribution in [0.4, 0.5) is 0 Å². The smallest absolute Gasteiger partial charge is 0.309 e. The van der Waals surface area contributed by atoms with E-state index in [9.17, 15) is 9.90 Å². The molecule has 0 heterocycles. The number of aliphatic carboxylic acids is 1. The summed E-state index contributed by atoms with van der Waals surface area (Å²) in [7, 11) is 0. The van der Waals surface area contributed by atoms with Gasteiger partial charge < -0.3 is 5.11 Å². The van der Waals surface area contributed by atoms with Gasteiger partial charge in [-0.05, 0) is 25.7 Å². The van der Waals surface area contributed by atoms with Crippen molar-refractivity contribution in [2.45, 2.75) is 169 Å². The second kappa shape index (κ2) is 21.3. The highest BCUT2D eigenvalue weighted by atomic mass is 16.4. The quantitative estimate of drug-likeness (QED) is 0.152. The van der Waals surface area contributed by atoms with Crippen LogP contribution in [0.5, 0.6) is 0 Å². The second-order valence-corrected chi connectivity index (χ2v) is 10.6. The number of carboxylic acid groups (broad SMARTS) is 1. The molecular formula is C29H58O2. The fourth-order valence-electron chi connectivity index (χ4n) is 5.00. The van der Waals surface area contributed by atoms with Gasteiger partial charge in [-0.15, -0.1) is 0 Å². The van der Waals surface area contributed by atoms with Crippen molar-refractivity contribution < 1.29 is 9.90 Å². The Morgan fingerprint density at radius 1 is 0.613 bits per heavy atom. The molecule has 2 heteroatoms. The van der Waals surface area contributed by atoms with Gasteiger partial charge in [0.2, 0.25) is 0 Å². The maximum absolute atomic E-state index is 12.2. The minimum atomic E-state index is -0.562. The van der Waals surface area contributed by atoms with E-state index < -0.39 is 11.4 Å². The van der Waals surface area contributed by atoms with Crippen molar-refractivity contribution >= 4 is 5.97 Å². The molecule has 0 radical (unpaired) electrons. The van der Waals surface area contributed by atoms with Gasteiger partial charge in [-0.1, -0.05) is 149 Å². The van der Waals surface area contributed by atoms with E-state index in [0.29, 0.717) is 5.92 Å². The zero-order valence-corrected chi connectivity index (χ0v) is 22.0. The molecule has 0 aromatic heterocycles. The average molecular weight is 439 g/mol. The monoisotopic (exact) mass is 438 g/mol. The van der Waals surface area contributed by atoms with Crippen LogP contribution in [0.25, 0.3) is 0 Å². The Bertz CT molecular complexity index is 392. The van der Waals surface area contributed by atoms with Gasteiger partial charge in [-0.3, -0.25) is 4.79 Å². The van der Waals surface area contributed by atoms with Crippen molar-refractivity contribution in [1.29, 1.82) is 0 Å². The van der Waals surface area contributed by atoms with Gasteiger partial charge in [-0.25, -0.2) is 0 Å². The van der Waals surface area contributed by atoms with Gasteiger partial charge in [0.1, 0.15) is 0 Å². The van der Waals surface area contributed by atoms with Crippen molar-refractivity contribution in [2.75, 3.05) is 0 Å². The number of unbranched alkanes of at least 4 members (excludes halogenated alkanes) is 15. The van der Waals surface area contributed by atoms with Crippen LogP contribution in [-0.2, 0) is 4.79 Å². The molecule has 0 bridgehead atoms. The van der Waals surface area contributed by atoms with E-state index in [1.807, 2.05) is 6.92 Å². The Balaban J connectivity index is 4.51. The predicted molar refractivity (Wildman–Crippen MR) is 138 cm³/mol. The SMILES string of the molecule is CCCCCCCCCCC(CCCCCCCC)CC(C)(CCCCCC)C(=O)O. The van der Waals surface area contributed by atoms with E-state index >= 15 is 0 Å². The molecule has 1 N–H and O–H groups in total. The van der Waals surface area contributed by atoms with E-state index in [2.05, 4.69) is 20.8 Å². The second-order valence-electron chi connectivity index (χ2n) is 10.6. The molecule has 0 aliphatic heterocycles. The first-order valence-electron chi connectivity index (χ1n) is 14.2. The number of hydrogen-bond acceptors (Lipinski definition) is 1. The Labute approximate surface area is 196 Å². The van der Waals surface area contributed by atoms with Crippen molar-refractivity contribution in [3.8, 4) is 0 Å². The van der Waals surface area contributed by atoms with Gasteiger partial charge in [0.25, 0.3) is 0 Å². The van der Waals surface area contributed by atoms with Crippen LogP contribution in [0.2, 0.25) is 0 Å². The molecule has 0 saturated carbocycles. The van der Waals surface area contributed by atoms with Gasteiger partial charge in [0.15, 0.2) is 0 Å². The van der Waals surface area contributed by atoms with Crippen molar-refractivity contribution in [2.24, 2.45) is 11.3 Å². The zero-order valence-electron chi connectivity index (χ0n) is 22.0. The molecule has 0 aromatic rings. The summed E-state index contributed by atoms with van der Waals surface area (Å²) in [5, 5.41) is 10.0. The summed E-state index contributed by atoms with van der Waals surface area (Å²) in [6.45, 7) is 8.80. The first kappa shape index (κ1) is 30.5. The summed E-state index contributed by atoms with van der Waals surface area (Å²) in [6.07, 6.45) is 27.8. The van der Waals surface area contributed by atoms with Gasteiger partial charge in [-0.2, -0.15) is 0 Å². The average Bonchev–Trinajstić information content (AvgIpc) is 2.75. The molecule has 0 aliphatic rings. The lowest BCUT2D eigenvalue weighted by atomic mass is 9.74. The van der Waals surface area contributed by atoms with Crippen LogP contribution in [0.3, 0.4) is 0 Å². The molecule has 0 aromatic carbocycles. The molecule has 0 rings (SSSR count). The highest BCUT2D eigenvalue weighted by molar-refractivity contribution is 5.74. The lowest BCUT2D eigenvalue weighted by Crippen LogP contribution is -2.30. The zero-order chi connectivity index (χ0) is 23.2. The van der Waals surface area contributed by atoms with Gasteiger partial charge in [0.05, 0.1) is 5.41 Å². The molecule has 0 amide bonds. The van der Waals surface area contributed by atoms with Crippen LogP contribution < -0.4 is 0 Å². The Morgan fingerprint density at radius 3 is 1.35 bits per heavy atom. The summed E-state index contributed by atoms with van der Waals surface area (Å²) >= 11 is 0. The molecule has 2 unspecified atom stereocenters. The van der Waals surface area contributed by atoms with Crippen molar-refractivity contribution in [3.63, 3.8) is 0 Å². The Hall–Kier alpha value is -0.530. The van der Waals surface area contributed by atoms with Crippen LogP contribution in [0.1, 0.15) is 169 Å². The predicted octanol–water partition coefficient (Wildman–Crippen LogP) is 10.3. The molecular weight excluding hydrogens is 380 g/mol. The van der Waals surface area contributed by atoms with Crippen molar-refractivity contribution in [3.05, 3.63) is 0 Å². The number of rotatable bonds is 24. The summed E-state index contributed by atoms with van der Waals surface area (Å²) in [4.78, 5) is 12.2.